The lowest BCUT2D eigenvalue weighted by Crippen LogP contribution is -2.41. The molecule has 0 aliphatic carbocycles. The number of methoxy groups -OCH3 is 2. The van der Waals surface area contributed by atoms with Crippen LogP contribution in [0.15, 0.2) is 53.5 Å². The number of hydrogen-bond donors (Lipinski definition) is 2. The van der Waals surface area contributed by atoms with Crippen molar-refractivity contribution in [1.82, 2.24) is 10.2 Å². The van der Waals surface area contributed by atoms with Gasteiger partial charge in [-0.3, -0.25) is 9.89 Å². The second kappa shape index (κ2) is 13.4. The largest absolute Gasteiger partial charge is 0.497 e. The van der Waals surface area contributed by atoms with E-state index in [1.807, 2.05) is 24.3 Å². The van der Waals surface area contributed by atoms with E-state index in [0.29, 0.717) is 12.5 Å². The van der Waals surface area contributed by atoms with Crippen molar-refractivity contribution < 1.29 is 14.2 Å². The van der Waals surface area contributed by atoms with E-state index in [4.69, 9.17) is 19.9 Å². The van der Waals surface area contributed by atoms with Gasteiger partial charge in [-0.1, -0.05) is 24.3 Å². The van der Waals surface area contributed by atoms with Crippen molar-refractivity contribution in [3.63, 3.8) is 0 Å². The Balaban J connectivity index is 0.00000341. The third-order valence-electron chi connectivity index (χ3n) is 5.30. The van der Waals surface area contributed by atoms with Crippen molar-refractivity contribution in [1.29, 1.82) is 0 Å². The predicted octanol–water partition coefficient (Wildman–Crippen LogP) is 2.84. The van der Waals surface area contributed by atoms with Crippen LogP contribution in [-0.2, 0) is 11.2 Å². The maximum atomic E-state index is 6.14. The number of benzene rings is 2. The minimum absolute atomic E-state index is 0. The number of nitrogens with zero attached hydrogens (tertiary/aromatic N) is 2. The number of morpholine rings is 1. The molecular formula is C23H33IN4O3. The molecule has 170 valence electrons. The van der Waals surface area contributed by atoms with Gasteiger partial charge >= 0.3 is 0 Å². The number of guanidine groups is 1. The van der Waals surface area contributed by atoms with Gasteiger partial charge in [-0.25, -0.2) is 0 Å². The zero-order valence-electron chi connectivity index (χ0n) is 18.3. The number of hydrogen-bond acceptors (Lipinski definition) is 5. The smallest absolute Gasteiger partial charge is 0.188 e. The normalized spacial score (nSPS) is 15.6. The Morgan fingerprint density at radius 1 is 1.03 bits per heavy atom. The quantitative estimate of drug-likeness (QED) is 0.289. The first-order chi connectivity index (χ1) is 14.7. The molecule has 1 heterocycles. The Kier molecular flexibility index (Phi) is 10.9. The monoisotopic (exact) mass is 540 g/mol. The predicted molar refractivity (Wildman–Crippen MR) is 135 cm³/mol. The molecule has 0 radical (unpaired) electrons. The number of ether oxygens (including phenoxy) is 3. The summed E-state index contributed by atoms with van der Waals surface area (Å²) >= 11 is 0. The van der Waals surface area contributed by atoms with Gasteiger partial charge in [0.2, 0.25) is 0 Å². The Bertz CT molecular complexity index is 793. The van der Waals surface area contributed by atoms with Crippen molar-refractivity contribution in [3.8, 4) is 11.5 Å². The minimum Gasteiger partial charge on any atom is -0.497 e. The molecule has 0 spiro atoms. The molecule has 8 heteroatoms. The van der Waals surface area contributed by atoms with Crippen molar-refractivity contribution >= 4 is 29.9 Å². The van der Waals surface area contributed by atoms with Crippen molar-refractivity contribution in [2.45, 2.75) is 12.5 Å². The summed E-state index contributed by atoms with van der Waals surface area (Å²) in [6, 6.07) is 16.4. The third kappa shape index (κ3) is 7.86. The fraction of sp³-hybridized carbons (Fsp3) is 0.435. The van der Waals surface area contributed by atoms with Gasteiger partial charge in [0, 0.05) is 19.6 Å². The summed E-state index contributed by atoms with van der Waals surface area (Å²) in [5.74, 6) is 2.18. The molecule has 2 aromatic rings. The lowest BCUT2D eigenvalue weighted by atomic mass is 10.0. The molecule has 3 rings (SSSR count). The van der Waals surface area contributed by atoms with Crippen molar-refractivity contribution in [2.24, 2.45) is 10.7 Å². The molecule has 0 saturated carbocycles. The standard InChI is InChI=1S/C23H32N4O3.HI/c1-28-20-7-3-18(4-8-20)11-12-25-23(24)26-17-22(27-13-15-30-16-14-27)19-5-9-21(29-2)10-6-19;/h3-10,22H,11-17H2,1-2H3,(H3,24,25,26);1H. The SMILES string of the molecule is COc1ccc(CCNC(N)=NCC(c2ccc(OC)cc2)N2CCOCC2)cc1.I. The van der Waals surface area contributed by atoms with Crippen LogP contribution in [0, 0.1) is 0 Å². The second-order valence-electron chi connectivity index (χ2n) is 7.19. The summed E-state index contributed by atoms with van der Waals surface area (Å²) in [5, 5.41) is 3.22. The van der Waals surface area contributed by atoms with Gasteiger partial charge in [0.25, 0.3) is 0 Å². The Morgan fingerprint density at radius 2 is 1.61 bits per heavy atom. The lowest BCUT2D eigenvalue weighted by Gasteiger charge is -2.34. The number of nitrogens with one attached hydrogen (secondary N) is 1. The van der Waals surface area contributed by atoms with Gasteiger partial charge < -0.3 is 25.3 Å². The molecule has 31 heavy (non-hydrogen) atoms. The van der Waals surface area contributed by atoms with E-state index in [2.05, 4.69) is 39.5 Å². The minimum atomic E-state index is 0. The fourth-order valence-electron chi connectivity index (χ4n) is 3.51. The van der Waals surface area contributed by atoms with E-state index < -0.39 is 0 Å². The maximum absolute atomic E-state index is 6.14. The molecule has 1 aliphatic heterocycles. The van der Waals surface area contributed by atoms with E-state index in [1.54, 1.807) is 14.2 Å². The van der Waals surface area contributed by atoms with Crippen LogP contribution < -0.4 is 20.5 Å². The van der Waals surface area contributed by atoms with Gasteiger partial charge in [-0.2, -0.15) is 0 Å². The van der Waals surface area contributed by atoms with Gasteiger partial charge in [-0.15, -0.1) is 24.0 Å². The van der Waals surface area contributed by atoms with E-state index in [1.165, 1.54) is 11.1 Å². The highest BCUT2D eigenvalue weighted by Crippen LogP contribution is 2.24. The average molecular weight is 540 g/mol. The molecule has 1 aliphatic rings. The third-order valence-corrected chi connectivity index (χ3v) is 5.30. The van der Waals surface area contributed by atoms with Crippen LogP contribution in [0.4, 0.5) is 0 Å². The zero-order valence-corrected chi connectivity index (χ0v) is 20.6. The van der Waals surface area contributed by atoms with Gasteiger partial charge in [-0.05, 0) is 41.8 Å². The van der Waals surface area contributed by atoms with E-state index in [-0.39, 0.29) is 30.0 Å². The first-order valence-corrected chi connectivity index (χ1v) is 10.3. The summed E-state index contributed by atoms with van der Waals surface area (Å²) in [5.41, 5.74) is 8.56. The number of rotatable bonds is 9. The van der Waals surface area contributed by atoms with Gasteiger partial charge in [0.05, 0.1) is 40.0 Å². The summed E-state index contributed by atoms with van der Waals surface area (Å²) in [6.45, 7) is 4.58. The Hall–Kier alpha value is -2.04. The highest BCUT2D eigenvalue weighted by molar-refractivity contribution is 14.0. The van der Waals surface area contributed by atoms with Crippen LogP contribution in [0.25, 0.3) is 0 Å². The molecule has 0 amide bonds. The van der Waals surface area contributed by atoms with E-state index >= 15 is 0 Å². The van der Waals surface area contributed by atoms with Crippen molar-refractivity contribution in [2.75, 3.05) is 53.6 Å². The fourth-order valence-corrected chi connectivity index (χ4v) is 3.51. The van der Waals surface area contributed by atoms with Crippen LogP contribution >= 0.6 is 24.0 Å². The molecule has 2 aromatic carbocycles. The topological polar surface area (TPSA) is 81.3 Å². The highest BCUT2D eigenvalue weighted by Gasteiger charge is 2.22. The van der Waals surface area contributed by atoms with E-state index in [9.17, 15) is 0 Å². The first-order valence-electron chi connectivity index (χ1n) is 10.3. The first kappa shape index (κ1) is 25.2. The molecule has 7 nitrogen and oxygen atoms in total. The zero-order chi connectivity index (χ0) is 21.2. The molecule has 3 N–H and O–H groups in total. The molecule has 0 bridgehead atoms. The molecule has 0 aromatic heterocycles. The van der Waals surface area contributed by atoms with Crippen LogP contribution in [-0.4, -0.2) is 64.5 Å². The molecule has 1 fully saturated rings. The summed E-state index contributed by atoms with van der Waals surface area (Å²) in [6.07, 6.45) is 0.867. The molecule has 1 atom stereocenters. The lowest BCUT2D eigenvalue weighted by molar-refractivity contribution is 0.0180. The van der Waals surface area contributed by atoms with Crippen LogP contribution in [0.5, 0.6) is 11.5 Å². The van der Waals surface area contributed by atoms with Crippen LogP contribution in [0.3, 0.4) is 0 Å². The number of nitrogens with two attached hydrogens (primary N) is 1. The highest BCUT2D eigenvalue weighted by atomic mass is 127. The van der Waals surface area contributed by atoms with E-state index in [0.717, 1.165) is 50.8 Å². The summed E-state index contributed by atoms with van der Waals surface area (Å²) in [7, 11) is 3.35. The van der Waals surface area contributed by atoms with Gasteiger partial charge in [0.15, 0.2) is 5.96 Å². The molecular weight excluding hydrogens is 507 g/mol. The van der Waals surface area contributed by atoms with Gasteiger partial charge in [0.1, 0.15) is 11.5 Å². The maximum Gasteiger partial charge on any atom is 0.188 e. The van der Waals surface area contributed by atoms with Crippen molar-refractivity contribution in [3.05, 3.63) is 59.7 Å². The number of aliphatic imine (C=N–C) groups is 1. The average Bonchev–Trinajstić information content (AvgIpc) is 2.81. The Morgan fingerprint density at radius 3 is 2.19 bits per heavy atom. The molecule has 1 unspecified atom stereocenters. The molecule has 1 saturated heterocycles. The second-order valence-corrected chi connectivity index (χ2v) is 7.19. The van der Waals surface area contributed by atoms with Crippen LogP contribution in [0.2, 0.25) is 0 Å². The Labute approximate surface area is 202 Å². The van der Waals surface area contributed by atoms with Crippen LogP contribution in [0.1, 0.15) is 17.2 Å². The number of halogens is 1. The summed E-state index contributed by atoms with van der Waals surface area (Å²) in [4.78, 5) is 7.03. The summed E-state index contributed by atoms with van der Waals surface area (Å²) < 4.78 is 16.0.